The average molecular weight is 311 g/mol. The van der Waals surface area contributed by atoms with E-state index in [4.69, 9.17) is 0 Å². The summed E-state index contributed by atoms with van der Waals surface area (Å²) in [4.78, 5) is 11.6. The van der Waals surface area contributed by atoms with Gasteiger partial charge in [0.15, 0.2) is 0 Å². The van der Waals surface area contributed by atoms with Crippen LogP contribution >= 0.6 is 0 Å². The van der Waals surface area contributed by atoms with Crippen molar-refractivity contribution in [2.24, 2.45) is 5.92 Å². The summed E-state index contributed by atoms with van der Waals surface area (Å²) in [6, 6.07) is 8.18. The number of methoxy groups -OCH3 is 1. The predicted molar refractivity (Wildman–Crippen MR) is 82.8 cm³/mol. The van der Waals surface area contributed by atoms with Crippen LogP contribution in [0.2, 0.25) is 0 Å². The molecule has 0 spiro atoms. The molecule has 0 bridgehead atoms. The Morgan fingerprint density at radius 2 is 1.90 bits per heavy atom. The van der Waals surface area contributed by atoms with Gasteiger partial charge < -0.3 is 4.74 Å². The minimum absolute atomic E-state index is 0.162. The first-order chi connectivity index (χ1) is 9.84. The molecule has 0 aliphatic heterocycles. The first kappa shape index (κ1) is 17.4. The molecule has 0 aromatic heterocycles. The maximum absolute atomic E-state index is 12.0. The van der Waals surface area contributed by atoms with E-state index in [2.05, 4.69) is 9.46 Å². The molecule has 0 fully saturated rings. The van der Waals surface area contributed by atoms with Crippen molar-refractivity contribution in [3.63, 3.8) is 0 Å². The molecular formula is C15H21NO4S. The molecule has 0 heterocycles. The lowest BCUT2D eigenvalue weighted by Crippen LogP contribution is -2.41. The molecule has 1 N–H and O–H groups in total. The molecule has 1 rings (SSSR count). The summed E-state index contributed by atoms with van der Waals surface area (Å²) in [5.41, 5.74) is 0.765. The first-order valence-corrected chi connectivity index (χ1v) is 8.22. The Bertz CT molecular complexity index is 579. The number of sulfonamides is 1. The quantitative estimate of drug-likeness (QED) is 0.783. The second kappa shape index (κ2) is 7.95. The largest absolute Gasteiger partial charge is 0.468 e. The minimum Gasteiger partial charge on any atom is -0.468 e. The van der Waals surface area contributed by atoms with Crippen molar-refractivity contribution in [3.8, 4) is 0 Å². The number of esters is 1. The lowest BCUT2D eigenvalue weighted by Gasteiger charge is -2.17. The van der Waals surface area contributed by atoms with E-state index in [1.807, 2.05) is 32.0 Å². The maximum Gasteiger partial charge on any atom is 0.323 e. The predicted octanol–water partition coefficient (Wildman–Crippen LogP) is 2.16. The Balaban J connectivity index is 2.81. The fourth-order valence-corrected chi connectivity index (χ4v) is 2.78. The summed E-state index contributed by atoms with van der Waals surface area (Å²) < 4.78 is 31.0. The first-order valence-electron chi connectivity index (χ1n) is 6.67. The number of hydrogen-bond acceptors (Lipinski definition) is 4. The van der Waals surface area contributed by atoms with Crippen LogP contribution in [0.5, 0.6) is 0 Å². The minimum atomic E-state index is -3.71. The molecule has 0 radical (unpaired) electrons. The van der Waals surface area contributed by atoms with Crippen molar-refractivity contribution in [3.05, 3.63) is 41.3 Å². The van der Waals surface area contributed by atoms with Gasteiger partial charge in [-0.25, -0.2) is 8.42 Å². The molecule has 0 saturated heterocycles. The van der Waals surface area contributed by atoms with E-state index in [0.29, 0.717) is 6.42 Å². The van der Waals surface area contributed by atoms with E-state index in [0.717, 1.165) is 11.0 Å². The van der Waals surface area contributed by atoms with Gasteiger partial charge in [-0.2, -0.15) is 4.72 Å². The normalized spacial score (nSPS) is 13.5. The van der Waals surface area contributed by atoms with Gasteiger partial charge in [-0.15, -0.1) is 0 Å². The van der Waals surface area contributed by atoms with Gasteiger partial charge in [0.05, 0.1) is 7.11 Å². The number of carbonyl (C=O) groups is 1. The zero-order valence-electron chi connectivity index (χ0n) is 12.4. The van der Waals surface area contributed by atoms with Crippen LogP contribution in [0.3, 0.4) is 0 Å². The highest BCUT2D eigenvalue weighted by Gasteiger charge is 2.24. The zero-order valence-corrected chi connectivity index (χ0v) is 13.3. The van der Waals surface area contributed by atoms with E-state index in [1.165, 1.54) is 13.2 Å². The van der Waals surface area contributed by atoms with Gasteiger partial charge in [-0.3, -0.25) is 4.79 Å². The summed E-state index contributed by atoms with van der Waals surface area (Å²) in [5, 5.41) is 1.05. The third-order valence-corrected chi connectivity index (χ3v) is 3.85. The van der Waals surface area contributed by atoms with Gasteiger partial charge in [-0.1, -0.05) is 44.2 Å². The van der Waals surface area contributed by atoms with Crippen LogP contribution in [0, 0.1) is 5.92 Å². The number of benzene rings is 1. The van der Waals surface area contributed by atoms with E-state index in [-0.39, 0.29) is 5.92 Å². The Morgan fingerprint density at radius 3 is 2.43 bits per heavy atom. The molecule has 0 aliphatic carbocycles. The van der Waals surface area contributed by atoms with Crippen molar-refractivity contribution in [2.75, 3.05) is 7.11 Å². The maximum atomic E-state index is 12.0. The number of ether oxygens (including phenoxy) is 1. The zero-order chi connectivity index (χ0) is 15.9. The van der Waals surface area contributed by atoms with Crippen LogP contribution in [0.25, 0.3) is 6.08 Å². The molecule has 0 unspecified atom stereocenters. The Labute approximate surface area is 126 Å². The second-order valence-corrected chi connectivity index (χ2v) is 6.68. The van der Waals surface area contributed by atoms with Crippen LogP contribution in [0.4, 0.5) is 0 Å². The van der Waals surface area contributed by atoms with Gasteiger partial charge in [0, 0.05) is 5.41 Å². The van der Waals surface area contributed by atoms with Crippen LogP contribution < -0.4 is 4.72 Å². The molecule has 5 nitrogen and oxygen atoms in total. The summed E-state index contributed by atoms with van der Waals surface area (Å²) in [6.07, 6.45) is 1.86. The fraction of sp³-hybridized carbons (Fsp3) is 0.400. The van der Waals surface area contributed by atoms with Crippen molar-refractivity contribution >= 4 is 22.1 Å². The summed E-state index contributed by atoms with van der Waals surface area (Å²) in [5.74, 6) is -0.421. The molecule has 0 saturated carbocycles. The monoisotopic (exact) mass is 311 g/mol. The standard InChI is InChI=1S/C15H21NO4S/c1-12(2)11-14(15(17)20-3)16-21(18,19)10-9-13-7-5-4-6-8-13/h4-10,12,14,16H,11H2,1-3H3/b10-9+/t14-/m1/s1. The molecule has 116 valence electrons. The van der Waals surface area contributed by atoms with Crippen molar-refractivity contribution in [2.45, 2.75) is 26.3 Å². The van der Waals surface area contributed by atoms with Gasteiger partial charge in [-0.05, 0) is 24.0 Å². The summed E-state index contributed by atoms with van der Waals surface area (Å²) in [7, 11) is -2.47. The SMILES string of the molecule is COC(=O)[C@@H](CC(C)C)NS(=O)(=O)/C=C/c1ccccc1. The molecule has 6 heteroatoms. The lowest BCUT2D eigenvalue weighted by molar-refractivity contribution is -0.143. The topological polar surface area (TPSA) is 72.5 Å². The highest BCUT2D eigenvalue weighted by Crippen LogP contribution is 2.09. The van der Waals surface area contributed by atoms with E-state index in [9.17, 15) is 13.2 Å². The average Bonchev–Trinajstić information content (AvgIpc) is 2.44. The van der Waals surface area contributed by atoms with Gasteiger partial charge in [0.25, 0.3) is 0 Å². The fourth-order valence-electron chi connectivity index (χ4n) is 1.78. The third kappa shape index (κ3) is 6.55. The molecule has 0 aliphatic rings. The summed E-state index contributed by atoms with van der Waals surface area (Å²) in [6.45, 7) is 3.81. The molecule has 1 atom stereocenters. The van der Waals surface area contributed by atoms with Crippen LogP contribution in [-0.4, -0.2) is 27.5 Å². The highest BCUT2D eigenvalue weighted by molar-refractivity contribution is 7.92. The molecule has 0 amide bonds. The Hall–Kier alpha value is -1.66. The second-order valence-electron chi connectivity index (χ2n) is 5.08. The molecule has 1 aromatic rings. The van der Waals surface area contributed by atoms with Gasteiger partial charge in [0.1, 0.15) is 6.04 Å². The number of nitrogens with one attached hydrogen (secondary N) is 1. The van der Waals surface area contributed by atoms with Crippen LogP contribution in [-0.2, 0) is 19.6 Å². The van der Waals surface area contributed by atoms with Crippen LogP contribution in [0.1, 0.15) is 25.8 Å². The highest BCUT2D eigenvalue weighted by atomic mass is 32.2. The van der Waals surface area contributed by atoms with Gasteiger partial charge >= 0.3 is 5.97 Å². The van der Waals surface area contributed by atoms with Crippen molar-refractivity contribution in [1.82, 2.24) is 4.72 Å². The molecule has 21 heavy (non-hydrogen) atoms. The van der Waals surface area contributed by atoms with Crippen LogP contribution in [0.15, 0.2) is 35.7 Å². The number of hydrogen-bond donors (Lipinski definition) is 1. The van der Waals surface area contributed by atoms with E-state index >= 15 is 0 Å². The third-order valence-electron chi connectivity index (χ3n) is 2.74. The van der Waals surface area contributed by atoms with Crippen molar-refractivity contribution < 1.29 is 17.9 Å². The Morgan fingerprint density at radius 1 is 1.29 bits per heavy atom. The number of rotatable bonds is 7. The van der Waals surface area contributed by atoms with E-state index < -0.39 is 22.0 Å². The Kier molecular flexibility index (Phi) is 6.58. The number of carbonyl (C=O) groups excluding carboxylic acids is 1. The van der Waals surface area contributed by atoms with E-state index in [1.54, 1.807) is 12.1 Å². The smallest absolute Gasteiger partial charge is 0.323 e. The molecule has 1 aromatic carbocycles. The molecular weight excluding hydrogens is 290 g/mol. The lowest BCUT2D eigenvalue weighted by atomic mass is 10.1. The van der Waals surface area contributed by atoms with Crippen molar-refractivity contribution in [1.29, 1.82) is 0 Å². The van der Waals surface area contributed by atoms with Gasteiger partial charge in [0.2, 0.25) is 10.0 Å². The summed E-state index contributed by atoms with van der Waals surface area (Å²) >= 11 is 0.